The minimum absolute atomic E-state index is 0.136. The van der Waals surface area contributed by atoms with E-state index in [0.29, 0.717) is 11.3 Å². The summed E-state index contributed by atoms with van der Waals surface area (Å²) in [5.74, 6) is -1.68. The number of sulfone groups is 1. The van der Waals surface area contributed by atoms with E-state index in [4.69, 9.17) is 0 Å². The summed E-state index contributed by atoms with van der Waals surface area (Å²) in [7, 11) is -3.74. The molecule has 3 aromatic rings. The van der Waals surface area contributed by atoms with Crippen LogP contribution in [0.4, 0.5) is 13.2 Å². The second-order valence-electron chi connectivity index (χ2n) is 8.48. The van der Waals surface area contributed by atoms with Crippen molar-refractivity contribution in [2.75, 3.05) is 6.26 Å². The molecule has 0 radical (unpaired) electrons. The highest BCUT2D eigenvalue weighted by molar-refractivity contribution is 7.90. The number of aromatic nitrogens is 1. The van der Waals surface area contributed by atoms with Gasteiger partial charge in [0.15, 0.2) is 9.84 Å². The molecule has 3 rings (SSSR count). The maximum atomic E-state index is 14.2. The summed E-state index contributed by atoms with van der Waals surface area (Å²) in [5, 5.41) is 2.55. The van der Waals surface area contributed by atoms with Crippen molar-refractivity contribution in [1.29, 1.82) is 0 Å². The summed E-state index contributed by atoms with van der Waals surface area (Å²) >= 11 is 0. The molecule has 1 N–H and O–H groups in total. The summed E-state index contributed by atoms with van der Waals surface area (Å²) in [5.41, 5.74) is 0.157. The number of hydrogen-bond donors (Lipinski definition) is 1. The van der Waals surface area contributed by atoms with Crippen LogP contribution in [0.1, 0.15) is 53.5 Å². The smallest absolute Gasteiger partial charge is 0.263 e. The van der Waals surface area contributed by atoms with Crippen molar-refractivity contribution in [3.63, 3.8) is 0 Å². The van der Waals surface area contributed by atoms with Crippen molar-refractivity contribution in [2.45, 2.75) is 44.7 Å². The molecular formula is C25H25F3N2O4S. The average molecular weight is 507 g/mol. The summed E-state index contributed by atoms with van der Waals surface area (Å²) in [4.78, 5) is 25.8. The summed E-state index contributed by atoms with van der Waals surface area (Å²) < 4.78 is 65.6. The molecule has 6 nitrogen and oxygen atoms in total. The van der Waals surface area contributed by atoms with Crippen molar-refractivity contribution in [2.24, 2.45) is 0 Å². The van der Waals surface area contributed by atoms with Crippen LogP contribution >= 0.6 is 0 Å². The van der Waals surface area contributed by atoms with Crippen LogP contribution < -0.4 is 10.7 Å². The normalized spacial score (nSPS) is 11.8. The van der Waals surface area contributed by atoms with E-state index < -0.39 is 38.3 Å². The van der Waals surface area contributed by atoms with E-state index in [1.165, 1.54) is 36.5 Å². The van der Waals surface area contributed by atoms with Crippen LogP contribution in [0.25, 0.3) is 11.1 Å². The Hall–Kier alpha value is -3.40. The number of alkyl halides is 2. The van der Waals surface area contributed by atoms with Gasteiger partial charge in [0.1, 0.15) is 16.3 Å². The molecule has 10 heteroatoms. The Morgan fingerprint density at radius 2 is 1.80 bits per heavy atom. The predicted molar refractivity (Wildman–Crippen MR) is 127 cm³/mol. The third kappa shape index (κ3) is 5.64. The van der Waals surface area contributed by atoms with E-state index >= 15 is 0 Å². The molecule has 0 aliphatic carbocycles. The highest BCUT2D eigenvalue weighted by Gasteiger charge is 2.21. The lowest BCUT2D eigenvalue weighted by Gasteiger charge is -2.20. The number of halogens is 3. The number of pyridine rings is 1. The van der Waals surface area contributed by atoms with E-state index in [1.54, 1.807) is 11.5 Å². The van der Waals surface area contributed by atoms with E-state index in [2.05, 4.69) is 5.32 Å². The Morgan fingerprint density at radius 3 is 2.37 bits per heavy atom. The van der Waals surface area contributed by atoms with Gasteiger partial charge in [0.2, 0.25) is 5.43 Å². The van der Waals surface area contributed by atoms with Crippen LogP contribution in [0.2, 0.25) is 0 Å². The minimum Gasteiger partial charge on any atom is -0.348 e. The van der Waals surface area contributed by atoms with Crippen molar-refractivity contribution in [3.8, 4) is 11.1 Å². The van der Waals surface area contributed by atoms with Crippen LogP contribution in [0.5, 0.6) is 0 Å². The number of rotatable bonds is 7. The Bertz CT molecular complexity index is 1450. The maximum Gasteiger partial charge on any atom is 0.263 e. The summed E-state index contributed by atoms with van der Waals surface area (Å²) in [6.07, 6.45) is -0.423. The molecule has 186 valence electrons. The molecule has 0 unspecified atom stereocenters. The minimum atomic E-state index is -3.74. The molecule has 0 saturated heterocycles. The first-order valence-electron chi connectivity index (χ1n) is 10.7. The Morgan fingerprint density at radius 1 is 1.11 bits per heavy atom. The highest BCUT2D eigenvalue weighted by atomic mass is 32.2. The molecule has 1 amide bonds. The molecular weight excluding hydrogens is 481 g/mol. The summed E-state index contributed by atoms with van der Waals surface area (Å²) in [6.45, 7) is 5.22. The lowest BCUT2D eigenvalue weighted by Crippen LogP contribution is -2.31. The zero-order valence-corrected chi connectivity index (χ0v) is 20.4. The maximum absolute atomic E-state index is 14.2. The number of carbonyl (C=O) groups is 1. The van der Waals surface area contributed by atoms with Crippen molar-refractivity contribution in [3.05, 3.63) is 87.1 Å². The SMILES string of the molecule is Cc1c(-c2cccc(C(F)F)c2)c(=O)c(C(=O)NCc2ccc(S(C)(=O)=O)c(F)c2)cn1C(C)C. The lowest BCUT2D eigenvalue weighted by atomic mass is 9.98. The molecule has 0 fully saturated rings. The molecule has 1 heterocycles. The number of nitrogens with one attached hydrogen (secondary N) is 1. The number of amides is 1. The second-order valence-corrected chi connectivity index (χ2v) is 10.5. The molecule has 0 saturated carbocycles. The largest absolute Gasteiger partial charge is 0.348 e. The van der Waals surface area contributed by atoms with Gasteiger partial charge in [-0.3, -0.25) is 9.59 Å². The molecule has 0 aliphatic rings. The van der Waals surface area contributed by atoms with Gasteiger partial charge in [-0.1, -0.05) is 24.3 Å². The monoisotopic (exact) mass is 506 g/mol. The standard InChI is InChI=1S/C25H25F3N2O4S/c1-14(2)30-13-19(23(31)22(15(30)3)17-6-5-7-18(11-17)24(27)28)25(32)29-12-16-8-9-21(20(26)10-16)35(4,33)34/h5-11,13-14,24H,12H2,1-4H3,(H,29,32). The molecule has 35 heavy (non-hydrogen) atoms. The van der Waals surface area contributed by atoms with Gasteiger partial charge in [-0.15, -0.1) is 0 Å². The van der Waals surface area contributed by atoms with E-state index in [9.17, 15) is 31.2 Å². The van der Waals surface area contributed by atoms with Crippen molar-refractivity contribution < 1.29 is 26.4 Å². The second kappa shape index (κ2) is 10.1. The number of hydrogen-bond acceptors (Lipinski definition) is 4. The van der Waals surface area contributed by atoms with Gasteiger partial charge in [0, 0.05) is 41.9 Å². The van der Waals surface area contributed by atoms with Gasteiger partial charge >= 0.3 is 0 Å². The molecule has 0 spiro atoms. The van der Waals surface area contributed by atoms with Crippen LogP contribution in [-0.4, -0.2) is 25.1 Å². The van der Waals surface area contributed by atoms with E-state index in [0.717, 1.165) is 18.4 Å². The third-order valence-corrected chi connectivity index (χ3v) is 6.70. The summed E-state index contributed by atoms with van der Waals surface area (Å²) in [6, 6.07) is 8.78. The Kier molecular flexibility index (Phi) is 7.54. The zero-order chi connectivity index (χ0) is 26.1. The van der Waals surface area contributed by atoms with Crippen molar-refractivity contribution in [1.82, 2.24) is 9.88 Å². The molecule has 0 bridgehead atoms. The first-order chi connectivity index (χ1) is 16.3. The van der Waals surface area contributed by atoms with Gasteiger partial charge in [0.25, 0.3) is 12.3 Å². The fraction of sp³-hybridized carbons (Fsp3) is 0.280. The topological polar surface area (TPSA) is 85.2 Å². The number of benzene rings is 2. The number of carbonyl (C=O) groups excluding carboxylic acids is 1. The number of nitrogens with zero attached hydrogens (tertiary/aromatic N) is 1. The molecule has 0 aliphatic heterocycles. The third-order valence-electron chi connectivity index (χ3n) is 5.57. The predicted octanol–water partition coefficient (Wildman–Crippen LogP) is 4.81. The molecule has 1 aromatic heterocycles. The van der Waals surface area contributed by atoms with Gasteiger partial charge < -0.3 is 9.88 Å². The first kappa shape index (κ1) is 26.2. The molecule has 0 atom stereocenters. The Balaban J connectivity index is 2.00. The quantitative estimate of drug-likeness (QED) is 0.498. The zero-order valence-electron chi connectivity index (χ0n) is 19.6. The van der Waals surface area contributed by atoms with Crippen LogP contribution in [0.3, 0.4) is 0 Å². The fourth-order valence-electron chi connectivity index (χ4n) is 3.82. The van der Waals surface area contributed by atoms with Gasteiger partial charge in [-0.2, -0.15) is 0 Å². The fourth-order valence-corrected chi connectivity index (χ4v) is 4.55. The average Bonchev–Trinajstić information content (AvgIpc) is 2.76. The van der Waals surface area contributed by atoms with Crippen LogP contribution in [0.15, 0.2) is 58.4 Å². The van der Waals surface area contributed by atoms with Crippen molar-refractivity contribution >= 4 is 15.7 Å². The Labute approximate surface area is 201 Å². The lowest BCUT2D eigenvalue weighted by molar-refractivity contribution is 0.0948. The van der Waals surface area contributed by atoms with E-state index in [1.807, 2.05) is 13.8 Å². The van der Waals surface area contributed by atoms with Gasteiger partial charge in [-0.25, -0.2) is 21.6 Å². The highest BCUT2D eigenvalue weighted by Crippen LogP contribution is 2.27. The first-order valence-corrected chi connectivity index (χ1v) is 12.6. The van der Waals surface area contributed by atoms with E-state index in [-0.39, 0.29) is 34.8 Å². The van der Waals surface area contributed by atoms with Crippen LogP contribution in [-0.2, 0) is 16.4 Å². The van der Waals surface area contributed by atoms with Gasteiger partial charge in [0.05, 0.1) is 0 Å². The van der Waals surface area contributed by atoms with Crippen LogP contribution in [0, 0.1) is 12.7 Å². The van der Waals surface area contributed by atoms with Gasteiger partial charge in [-0.05, 0) is 50.1 Å². The molecule has 2 aromatic carbocycles.